The molecular weight excluding hydrogens is 268 g/mol. The summed E-state index contributed by atoms with van der Waals surface area (Å²) in [6.45, 7) is 1.93. The zero-order valence-electron chi connectivity index (χ0n) is 11.7. The second-order valence-corrected chi connectivity index (χ2v) is 4.22. The molecule has 0 N–H and O–H groups in total. The Labute approximate surface area is 123 Å². The van der Waals surface area contributed by atoms with Gasteiger partial charge in [0, 0.05) is 6.92 Å². The molecule has 108 valence electrons. The minimum absolute atomic E-state index is 0.241. The van der Waals surface area contributed by atoms with E-state index in [4.69, 9.17) is 9.47 Å². The quantitative estimate of drug-likeness (QED) is 0.457. The van der Waals surface area contributed by atoms with Crippen molar-refractivity contribution in [3.63, 3.8) is 0 Å². The van der Waals surface area contributed by atoms with Crippen LogP contribution >= 0.6 is 0 Å². The summed E-state index contributed by atoms with van der Waals surface area (Å²) in [5, 5.41) is 8.27. The molecule has 0 amide bonds. The molecule has 0 aliphatic heterocycles. The number of azo groups is 1. The van der Waals surface area contributed by atoms with Crippen molar-refractivity contribution in [1.29, 1.82) is 0 Å². The third kappa shape index (κ3) is 5.44. The van der Waals surface area contributed by atoms with Gasteiger partial charge >= 0.3 is 5.97 Å². The molecule has 0 heterocycles. The topological polar surface area (TPSA) is 60.2 Å². The second-order valence-electron chi connectivity index (χ2n) is 4.22. The Balaban J connectivity index is 1.84. The molecule has 0 fully saturated rings. The fourth-order valence-electron chi connectivity index (χ4n) is 1.56. The van der Waals surface area contributed by atoms with E-state index in [0.717, 1.165) is 11.4 Å². The van der Waals surface area contributed by atoms with Crippen LogP contribution in [0.1, 0.15) is 6.92 Å². The predicted octanol–water partition coefficient (Wildman–Crippen LogP) is 4.04. The third-order valence-corrected chi connectivity index (χ3v) is 2.53. The zero-order chi connectivity index (χ0) is 14.9. The number of benzene rings is 2. The first-order valence-corrected chi connectivity index (χ1v) is 6.57. The van der Waals surface area contributed by atoms with Crippen LogP contribution in [0.5, 0.6) is 5.75 Å². The van der Waals surface area contributed by atoms with E-state index in [1.54, 1.807) is 12.1 Å². The largest absolute Gasteiger partial charge is 0.490 e. The maximum atomic E-state index is 10.6. The van der Waals surface area contributed by atoms with Crippen LogP contribution in [0.15, 0.2) is 64.8 Å². The van der Waals surface area contributed by atoms with Crippen LogP contribution in [0.3, 0.4) is 0 Å². The second kappa shape index (κ2) is 7.79. The van der Waals surface area contributed by atoms with Gasteiger partial charge in [0.2, 0.25) is 0 Å². The lowest BCUT2D eigenvalue weighted by atomic mass is 10.3. The van der Waals surface area contributed by atoms with Crippen LogP contribution in [0.4, 0.5) is 11.4 Å². The molecule has 0 saturated carbocycles. The molecule has 0 bridgehead atoms. The van der Waals surface area contributed by atoms with Crippen molar-refractivity contribution in [3.8, 4) is 5.75 Å². The molecule has 21 heavy (non-hydrogen) atoms. The molecule has 0 radical (unpaired) electrons. The molecule has 0 atom stereocenters. The highest BCUT2D eigenvalue weighted by Crippen LogP contribution is 2.20. The van der Waals surface area contributed by atoms with Gasteiger partial charge in [-0.2, -0.15) is 10.2 Å². The smallest absolute Gasteiger partial charge is 0.302 e. The Kier molecular flexibility index (Phi) is 5.46. The van der Waals surface area contributed by atoms with E-state index in [9.17, 15) is 4.79 Å². The average molecular weight is 284 g/mol. The van der Waals surface area contributed by atoms with E-state index in [2.05, 4.69) is 10.2 Å². The summed E-state index contributed by atoms with van der Waals surface area (Å²) in [5.41, 5.74) is 1.55. The highest BCUT2D eigenvalue weighted by atomic mass is 16.6. The van der Waals surface area contributed by atoms with Crippen molar-refractivity contribution in [3.05, 3.63) is 54.6 Å². The SMILES string of the molecule is CC(=O)OCCOc1ccc(N=Nc2ccccc2)cc1. The number of esters is 1. The molecule has 5 nitrogen and oxygen atoms in total. The number of carbonyl (C=O) groups excluding carboxylic acids is 1. The van der Waals surface area contributed by atoms with E-state index < -0.39 is 0 Å². The number of hydrogen-bond acceptors (Lipinski definition) is 5. The molecule has 0 aromatic heterocycles. The fourth-order valence-corrected chi connectivity index (χ4v) is 1.56. The minimum Gasteiger partial charge on any atom is -0.490 e. The lowest BCUT2D eigenvalue weighted by Crippen LogP contribution is -2.09. The van der Waals surface area contributed by atoms with Crippen molar-refractivity contribution in [2.75, 3.05) is 13.2 Å². The van der Waals surface area contributed by atoms with Gasteiger partial charge in [-0.05, 0) is 36.4 Å². The Bertz CT molecular complexity index is 595. The highest BCUT2D eigenvalue weighted by Gasteiger charge is 1.96. The Morgan fingerprint density at radius 3 is 2.14 bits per heavy atom. The van der Waals surface area contributed by atoms with Crippen molar-refractivity contribution in [1.82, 2.24) is 0 Å². The van der Waals surface area contributed by atoms with Gasteiger partial charge in [0.15, 0.2) is 0 Å². The van der Waals surface area contributed by atoms with Crippen molar-refractivity contribution < 1.29 is 14.3 Å². The highest BCUT2D eigenvalue weighted by molar-refractivity contribution is 5.65. The summed E-state index contributed by atoms with van der Waals surface area (Å²) < 4.78 is 10.2. The van der Waals surface area contributed by atoms with Gasteiger partial charge < -0.3 is 9.47 Å². The molecule has 2 aromatic carbocycles. The number of ether oxygens (including phenoxy) is 2. The minimum atomic E-state index is -0.310. The normalized spacial score (nSPS) is 10.5. The van der Waals surface area contributed by atoms with Crippen LogP contribution in [0.25, 0.3) is 0 Å². The summed E-state index contributed by atoms with van der Waals surface area (Å²) in [6.07, 6.45) is 0. The summed E-state index contributed by atoms with van der Waals surface area (Å²) in [5.74, 6) is 0.385. The number of rotatable bonds is 6. The molecule has 0 aliphatic rings. The first-order valence-electron chi connectivity index (χ1n) is 6.57. The lowest BCUT2D eigenvalue weighted by Gasteiger charge is -2.05. The Morgan fingerprint density at radius 1 is 0.905 bits per heavy atom. The summed E-state index contributed by atoms with van der Waals surface area (Å²) in [6, 6.07) is 16.7. The van der Waals surface area contributed by atoms with E-state index in [1.807, 2.05) is 42.5 Å². The van der Waals surface area contributed by atoms with Crippen LogP contribution in [0, 0.1) is 0 Å². The van der Waals surface area contributed by atoms with E-state index in [-0.39, 0.29) is 12.6 Å². The van der Waals surface area contributed by atoms with Crippen LogP contribution in [0.2, 0.25) is 0 Å². The van der Waals surface area contributed by atoms with Gasteiger partial charge in [0.25, 0.3) is 0 Å². The van der Waals surface area contributed by atoms with E-state index in [0.29, 0.717) is 12.4 Å². The molecule has 0 spiro atoms. The number of carbonyl (C=O) groups is 1. The monoisotopic (exact) mass is 284 g/mol. The molecule has 0 saturated heterocycles. The molecule has 0 unspecified atom stereocenters. The number of nitrogens with zero attached hydrogens (tertiary/aromatic N) is 2. The van der Waals surface area contributed by atoms with Crippen molar-refractivity contribution in [2.24, 2.45) is 10.2 Å². The van der Waals surface area contributed by atoms with Crippen molar-refractivity contribution >= 4 is 17.3 Å². The standard InChI is InChI=1S/C16H16N2O3/c1-13(19)20-11-12-21-16-9-7-15(8-10-16)18-17-14-5-3-2-4-6-14/h2-10H,11-12H2,1H3. The van der Waals surface area contributed by atoms with Gasteiger partial charge in [0.1, 0.15) is 19.0 Å². The summed E-state index contributed by atoms with van der Waals surface area (Å²) in [4.78, 5) is 10.6. The Morgan fingerprint density at radius 2 is 1.52 bits per heavy atom. The average Bonchev–Trinajstić information content (AvgIpc) is 2.51. The summed E-state index contributed by atoms with van der Waals surface area (Å²) in [7, 11) is 0. The van der Waals surface area contributed by atoms with E-state index >= 15 is 0 Å². The van der Waals surface area contributed by atoms with Crippen LogP contribution in [-0.2, 0) is 9.53 Å². The fraction of sp³-hybridized carbons (Fsp3) is 0.188. The summed E-state index contributed by atoms with van der Waals surface area (Å²) >= 11 is 0. The molecule has 2 rings (SSSR count). The molecular formula is C16H16N2O3. The van der Waals surface area contributed by atoms with Gasteiger partial charge in [-0.15, -0.1) is 0 Å². The lowest BCUT2D eigenvalue weighted by molar-refractivity contribution is -0.141. The third-order valence-electron chi connectivity index (χ3n) is 2.53. The van der Waals surface area contributed by atoms with Gasteiger partial charge in [-0.25, -0.2) is 0 Å². The molecule has 5 heteroatoms. The maximum Gasteiger partial charge on any atom is 0.302 e. The van der Waals surface area contributed by atoms with Gasteiger partial charge in [-0.3, -0.25) is 4.79 Å². The number of hydrogen-bond donors (Lipinski definition) is 0. The predicted molar refractivity (Wildman–Crippen MR) is 79.2 cm³/mol. The first-order chi connectivity index (χ1) is 10.2. The maximum absolute atomic E-state index is 10.6. The van der Waals surface area contributed by atoms with Crippen LogP contribution < -0.4 is 4.74 Å². The molecule has 2 aromatic rings. The first kappa shape index (κ1) is 14.7. The van der Waals surface area contributed by atoms with Crippen molar-refractivity contribution in [2.45, 2.75) is 6.92 Å². The van der Waals surface area contributed by atoms with Gasteiger partial charge in [-0.1, -0.05) is 18.2 Å². The Hall–Kier alpha value is -2.69. The zero-order valence-corrected chi connectivity index (χ0v) is 11.7. The molecule has 0 aliphatic carbocycles. The van der Waals surface area contributed by atoms with E-state index in [1.165, 1.54) is 6.92 Å². The van der Waals surface area contributed by atoms with Crippen LogP contribution in [-0.4, -0.2) is 19.2 Å². The van der Waals surface area contributed by atoms with Gasteiger partial charge in [0.05, 0.1) is 11.4 Å².